The van der Waals surface area contributed by atoms with E-state index in [1.165, 1.54) is 0 Å². The summed E-state index contributed by atoms with van der Waals surface area (Å²) in [4.78, 5) is 0. The van der Waals surface area contributed by atoms with E-state index in [9.17, 15) is 4.21 Å². The summed E-state index contributed by atoms with van der Waals surface area (Å²) >= 11 is 0. The van der Waals surface area contributed by atoms with E-state index in [4.69, 9.17) is 4.74 Å². The first kappa shape index (κ1) is 11.5. The normalized spacial score (nSPS) is 20.0. The third-order valence-corrected chi connectivity index (χ3v) is 3.64. The van der Waals surface area contributed by atoms with Gasteiger partial charge in [0.25, 0.3) is 0 Å². The molecule has 0 aliphatic carbocycles. The van der Waals surface area contributed by atoms with Crippen LogP contribution in [-0.2, 0) is 15.7 Å². The lowest BCUT2D eigenvalue weighted by atomic mass is 10.2. The van der Waals surface area contributed by atoms with Gasteiger partial charge in [-0.25, -0.2) is 8.51 Å². The van der Waals surface area contributed by atoms with Gasteiger partial charge in [-0.3, -0.25) is 0 Å². The van der Waals surface area contributed by atoms with Crippen molar-refractivity contribution >= 4 is 17.1 Å². The summed E-state index contributed by atoms with van der Waals surface area (Å²) in [6.45, 7) is 2.83. The molecule has 0 saturated carbocycles. The molecular formula is C12H15NO2S. The van der Waals surface area contributed by atoms with E-state index < -0.39 is 11.0 Å². The summed E-state index contributed by atoms with van der Waals surface area (Å²) in [7, 11) is -1.03. The molecule has 1 atom stereocenters. The van der Waals surface area contributed by atoms with Gasteiger partial charge in [-0.2, -0.15) is 0 Å². The van der Waals surface area contributed by atoms with Crippen molar-refractivity contribution in [3.8, 4) is 0 Å². The monoisotopic (exact) mass is 237 g/mol. The molecule has 0 aromatic heterocycles. The Bertz CT molecular complexity index is 372. The first-order valence-electron chi connectivity index (χ1n) is 5.33. The fourth-order valence-corrected chi connectivity index (χ4v) is 2.47. The minimum absolute atomic E-state index is 0.672. The van der Waals surface area contributed by atoms with Gasteiger partial charge in [0.05, 0.1) is 13.2 Å². The average molecular weight is 237 g/mol. The van der Waals surface area contributed by atoms with Crippen molar-refractivity contribution in [1.82, 2.24) is 4.31 Å². The van der Waals surface area contributed by atoms with Gasteiger partial charge in [0.1, 0.15) is 11.0 Å². The summed E-state index contributed by atoms with van der Waals surface area (Å²) in [6, 6.07) is 9.89. The van der Waals surface area contributed by atoms with Crippen LogP contribution in [0.2, 0.25) is 0 Å². The Morgan fingerprint density at radius 2 is 1.88 bits per heavy atom. The molecule has 86 valence electrons. The van der Waals surface area contributed by atoms with Gasteiger partial charge in [-0.15, -0.1) is 0 Å². The fourth-order valence-electron chi connectivity index (χ4n) is 1.51. The molecule has 4 heteroatoms. The Kier molecular flexibility index (Phi) is 4.27. The molecule has 0 bridgehead atoms. The molecule has 1 aromatic carbocycles. The molecule has 1 unspecified atom stereocenters. The highest BCUT2D eigenvalue weighted by atomic mass is 32.2. The van der Waals surface area contributed by atoms with Crippen molar-refractivity contribution in [2.45, 2.75) is 0 Å². The van der Waals surface area contributed by atoms with Crippen LogP contribution in [0.5, 0.6) is 0 Å². The zero-order valence-electron chi connectivity index (χ0n) is 9.04. The van der Waals surface area contributed by atoms with Crippen molar-refractivity contribution in [3.63, 3.8) is 0 Å². The number of morpholine rings is 1. The second-order valence-electron chi connectivity index (χ2n) is 3.53. The molecule has 1 aromatic rings. The highest BCUT2D eigenvalue weighted by molar-refractivity contribution is 7.85. The first-order valence-corrected chi connectivity index (χ1v) is 6.50. The van der Waals surface area contributed by atoms with Crippen LogP contribution in [0.25, 0.3) is 6.08 Å². The molecule has 0 amide bonds. The maximum Gasteiger partial charge on any atom is 0.120 e. The van der Waals surface area contributed by atoms with Gasteiger partial charge in [-0.1, -0.05) is 30.3 Å². The number of benzene rings is 1. The third-order valence-electron chi connectivity index (χ3n) is 2.40. The molecule has 1 aliphatic rings. The largest absolute Gasteiger partial charge is 0.379 e. The highest BCUT2D eigenvalue weighted by Crippen LogP contribution is 2.06. The average Bonchev–Trinajstić information content (AvgIpc) is 2.38. The predicted octanol–water partition coefficient (Wildman–Crippen LogP) is 1.65. The van der Waals surface area contributed by atoms with Crippen molar-refractivity contribution < 1.29 is 8.95 Å². The molecule has 0 radical (unpaired) electrons. The van der Waals surface area contributed by atoms with Crippen LogP contribution < -0.4 is 0 Å². The molecule has 0 spiro atoms. The topological polar surface area (TPSA) is 29.5 Å². The molecule has 1 fully saturated rings. The summed E-state index contributed by atoms with van der Waals surface area (Å²) in [5.74, 6) is 0. The molecule has 2 rings (SSSR count). The lowest BCUT2D eigenvalue weighted by Crippen LogP contribution is -2.36. The van der Waals surface area contributed by atoms with Gasteiger partial charge in [0, 0.05) is 18.5 Å². The molecular weight excluding hydrogens is 222 g/mol. The molecule has 16 heavy (non-hydrogen) atoms. The minimum atomic E-state index is -1.03. The Labute approximate surface area is 98.3 Å². The van der Waals surface area contributed by atoms with Gasteiger partial charge in [0.15, 0.2) is 0 Å². The van der Waals surface area contributed by atoms with E-state index in [0.29, 0.717) is 13.2 Å². The third kappa shape index (κ3) is 3.27. The lowest BCUT2D eigenvalue weighted by Gasteiger charge is -2.23. The van der Waals surface area contributed by atoms with Crippen LogP contribution >= 0.6 is 0 Å². The zero-order valence-corrected chi connectivity index (χ0v) is 9.86. The number of ether oxygens (including phenoxy) is 1. The second kappa shape index (κ2) is 5.94. The van der Waals surface area contributed by atoms with E-state index >= 15 is 0 Å². The number of rotatable bonds is 3. The number of hydrogen-bond acceptors (Lipinski definition) is 2. The van der Waals surface area contributed by atoms with Crippen LogP contribution in [-0.4, -0.2) is 34.8 Å². The van der Waals surface area contributed by atoms with Gasteiger partial charge >= 0.3 is 0 Å². The van der Waals surface area contributed by atoms with Crippen LogP contribution in [0.1, 0.15) is 5.56 Å². The molecule has 0 N–H and O–H groups in total. The van der Waals surface area contributed by atoms with Gasteiger partial charge in [-0.05, 0) is 11.6 Å². The summed E-state index contributed by atoms with van der Waals surface area (Å²) in [5, 5.41) is 1.74. The highest BCUT2D eigenvalue weighted by Gasteiger charge is 2.13. The Hall–Kier alpha value is -0.970. The molecule has 1 aliphatic heterocycles. The Balaban J connectivity index is 1.93. The van der Waals surface area contributed by atoms with E-state index in [0.717, 1.165) is 18.7 Å². The van der Waals surface area contributed by atoms with Gasteiger partial charge in [0.2, 0.25) is 0 Å². The van der Waals surface area contributed by atoms with Crippen LogP contribution in [0.15, 0.2) is 35.7 Å². The van der Waals surface area contributed by atoms with Crippen LogP contribution in [0, 0.1) is 0 Å². The van der Waals surface area contributed by atoms with Gasteiger partial charge < -0.3 is 4.74 Å². The first-order chi connectivity index (χ1) is 7.86. The zero-order chi connectivity index (χ0) is 11.2. The Morgan fingerprint density at radius 1 is 1.19 bits per heavy atom. The summed E-state index contributed by atoms with van der Waals surface area (Å²) < 4.78 is 19.0. The van der Waals surface area contributed by atoms with Crippen LogP contribution in [0.3, 0.4) is 0 Å². The quantitative estimate of drug-likeness (QED) is 0.800. The minimum Gasteiger partial charge on any atom is -0.379 e. The Morgan fingerprint density at radius 3 is 2.56 bits per heavy atom. The molecule has 1 heterocycles. The van der Waals surface area contributed by atoms with E-state index in [1.807, 2.05) is 40.7 Å². The maximum atomic E-state index is 11.9. The predicted molar refractivity (Wildman–Crippen MR) is 66.0 cm³/mol. The standard InChI is InChI=1S/C12H15NO2S/c14-16(13-7-9-15-10-8-13)11-6-12-4-2-1-3-5-12/h1-6,11H,7-10H2/b11-6+. The van der Waals surface area contributed by atoms with E-state index in [2.05, 4.69) is 0 Å². The summed E-state index contributed by atoms with van der Waals surface area (Å²) in [5.41, 5.74) is 1.07. The van der Waals surface area contributed by atoms with E-state index in [1.54, 1.807) is 5.41 Å². The number of nitrogens with zero attached hydrogens (tertiary/aromatic N) is 1. The van der Waals surface area contributed by atoms with E-state index in [-0.39, 0.29) is 0 Å². The number of hydrogen-bond donors (Lipinski definition) is 0. The summed E-state index contributed by atoms with van der Waals surface area (Å²) in [6.07, 6.45) is 1.89. The second-order valence-corrected chi connectivity index (χ2v) is 4.87. The van der Waals surface area contributed by atoms with Crippen molar-refractivity contribution in [3.05, 3.63) is 41.3 Å². The molecule has 1 saturated heterocycles. The SMILES string of the molecule is O=S(/C=C/c1ccccc1)N1CCOCC1. The van der Waals surface area contributed by atoms with Crippen molar-refractivity contribution in [2.75, 3.05) is 26.3 Å². The molecule has 3 nitrogen and oxygen atoms in total. The maximum absolute atomic E-state index is 11.9. The van der Waals surface area contributed by atoms with Crippen molar-refractivity contribution in [2.24, 2.45) is 0 Å². The smallest absolute Gasteiger partial charge is 0.120 e. The fraction of sp³-hybridized carbons (Fsp3) is 0.333. The lowest BCUT2D eigenvalue weighted by molar-refractivity contribution is 0.0756. The van der Waals surface area contributed by atoms with Crippen molar-refractivity contribution in [1.29, 1.82) is 0 Å². The van der Waals surface area contributed by atoms with Crippen LogP contribution in [0.4, 0.5) is 0 Å².